The van der Waals surface area contributed by atoms with Gasteiger partial charge in [0.25, 0.3) is 0 Å². The molecular formula is C9H9F3N2O3. The van der Waals surface area contributed by atoms with Gasteiger partial charge in [-0.05, 0) is 6.92 Å². The molecular weight excluding hydrogens is 241 g/mol. The molecule has 0 fully saturated rings. The Morgan fingerprint density at radius 3 is 2.71 bits per heavy atom. The number of ether oxygens (including phenoxy) is 2. The standard InChI is InChI=1S/C9H9F3N2O3/c1-2-16-8(15)5-4-14-7(13)3-6(5)17-9(10,11)12/h3-4H,2H2,1H3,(H2,13,14). The van der Waals surface area contributed by atoms with Crippen LogP contribution in [0.25, 0.3) is 0 Å². The molecule has 2 N–H and O–H groups in total. The highest BCUT2D eigenvalue weighted by Gasteiger charge is 2.33. The van der Waals surface area contributed by atoms with Crippen molar-refractivity contribution in [1.29, 1.82) is 0 Å². The molecule has 94 valence electrons. The molecule has 1 aromatic rings. The van der Waals surface area contributed by atoms with Crippen molar-refractivity contribution in [3.8, 4) is 5.75 Å². The second-order valence-electron chi connectivity index (χ2n) is 2.87. The van der Waals surface area contributed by atoms with E-state index in [1.165, 1.54) is 6.92 Å². The molecule has 0 amide bonds. The maximum atomic E-state index is 12.1. The summed E-state index contributed by atoms with van der Waals surface area (Å²) in [6.45, 7) is 1.54. The maximum absolute atomic E-state index is 12.1. The van der Waals surface area contributed by atoms with Gasteiger partial charge in [0.1, 0.15) is 17.1 Å². The molecule has 0 atom stereocenters. The normalized spacial score (nSPS) is 11.1. The van der Waals surface area contributed by atoms with Crippen LogP contribution in [-0.4, -0.2) is 23.9 Å². The Kier molecular flexibility index (Phi) is 3.77. The minimum atomic E-state index is -4.92. The zero-order valence-corrected chi connectivity index (χ0v) is 8.75. The van der Waals surface area contributed by atoms with Gasteiger partial charge in [0.05, 0.1) is 6.61 Å². The fourth-order valence-corrected chi connectivity index (χ4v) is 1.02. The van der Waals surface area contributed by atoms with Crippen molar-refractivity contribution in [3.63, 3.8) is 0 Å². The van der Waals surface area contributed by atoms with E-state index in [4.69, 9.17) is 5.73 Å². The number of pyridine rings is 1. The monoisotopic (exact) mass is 250 g/mol. The van der Waals surface area contributed by atoms with E-state index in [0.717, 1.165) is 12.3 Å². The summed E-state index contributed by atoms with van der Waals surface area (Å²) < 4.78 is 44.4. The lowest BCUT2D eigenvalue weighted by Gasteiger charge is -2.12. The van der Waals surface area contributed by atoms with Gasteiger partial charge < -0.3 is 15.2 Å². The van der Waals surface area contributed by atoms with Gasteiger partial charge in [0.15, 0.2) is 0 Å². The largest absolute Gasteiger partial charge is 0.573 e. The van der Waals surface area contributed by atoms with Gasteiger partial charge in [-0.15, -0.1) is 13.2 Å². The van der Waals surface area contributed by atoms with E-state index < -0.39 is 23.6 Å². The van der Waals surface area contributed by atoms with Gasteiger partial charge in [0.2, 0.25) is 0 Å². The third kappa shape index (κ3) is 3.82. The number of carbonyl (C=O) groups excluding carboxylic acids is 1. The van der Waals surface area contributed by atoms with Crippen molar-refractivity contribution in [1.82, 2.24) is 4.98 Å². The molecule has 1 aromatic heterocycles. The number of alkyl halides is 3. The summed E-state index contributed by atoms with van der Waals surface area (Å²) >= 11 is 0. The number of rotatable bonds is 3. The summed E-state index contributed by atoms with van der Waals surface area (Å²) in [5.74, 6) is -1.89. The average Bonchev–Trinajstić information content (AvgIpc) is 2.15. The molecule has 0 aliphatic rings. The molecule has 0 aliphatic carbocycles. The summed E-state index contributed by atoms with van der Waals surface area (Å²) in [6, 6.07) is 0.805. The predicted molar refractivity (Wildman–Crippen MR) is 51.3 cm³/mol. The molecule has 1 heterocycles. The molecule has 0 saturated heterocycles. The summed E-state index contributed by atoms with van der Waals surface area (Å²) in [5.41, 5.74) is 4.78. The van der Waals surface area contributed by atoms with E-state index in [9.17, 15) is 18.0 Å². The van der Waals surface area contributed by atoms with E-state index in [2.05, 4.69) is 14.5 Å². The van der Waals surface area contributed by atoms with E-state index in [1.54, 1.807) is 0 Å². The fourth-order valence-electron chi connectivity index (χ4n) is 1.02. The van der Waals surface area contributed by atoms with E-state index in [1.807, 2.05) is 0 Å². The van der Waals surface area contributed by atoms with Crippen molar-refractivity contribution in [2.45, 2.75) is 13.3 Å². The maximum Gasteiger partial charge on any atom is 0.573 e. The number of hydrogen-bond donors (Lipinski definition) is 1. The molecule has 1 rings (SSSR count). The third-order valence-electron chi connectivity index (χ3n) is 1.61. The molecule has 0 radical (unpaired) electrons. The highest BCUT2D eigenvalue weighted by Crippen LogP contribution is 2.27. The number of nitrogen functional groups attached to an aromatic ring is 1. The first-order chi connectivity index (χ1) is 7.83. The smallest absolute Gasteiger partial charge is 0.462 e. The Bertz CT molecular complexity index is 420. The van der Waals surface area contributed by atoms with Crippen molar-refractivity contribution in [3.05, 3.63) is 17.8 Å². The Labute approximate surface area is 94.3 Å². The lowest BCUT2D eigenvalue weighted by molar-refractivity contribution is -0.274. The number of nitrogens with zero attached hydrogens (tertiary/aromatic N) is 1. The van der Waals surface area contributed by atoms with Crippen molar-refractivity contribution < 1.29 is 27.4 Å². The highest BCUT2D eigenvalue weighted by atomic mass is 19.4. The molecule has 5 nitrogen and oxygen atoms in total. The number of halogens is 3. The first kappa shape index (κ1) is 13.1. The molecule has 0 aliphatic heterocycles. The summed E-state index contributed by atoms with van der Waals surface area (Å²) in [5, 5.41) is 0. The number of nitrogens with two attached hydrogens (primary N) is 1. The molecule has 17 heavy (non-hydrogen) atoms. The highest BCUT2D eigenvalue weighted by molar-refractivity contribution is 5.92. The van der Waals surface area contributed by atoms with Crippen LogP contribution < -0.4 is 10.5 Å². The zero-order valence-electron chi connectivity index (χ0n) is 8.75. The molecule has 0 saturated carbocycles. The van der Waals surface area contributed by atoms with Crippen molar-refractivity contribution in [2.24, 2.45) is 0 Å². The molecule has 0 aromatic carbocycles. The van der Waals surface area contributed by atoms with Crippen LogP contribution in [0.1, 0.15) is 17.3 Å². The number of esters is 1. The Balaban J connectivity index is 3.08. The fraction of sp³-hybridized carbons (Fsp3) is 0.333. The summed E-state index contributed by atoms with van der Waals surface area (Å²) in [6.07, 6.45) is -4.05. The Morgan fingerprint density at radius 2 is 2.18 bits per heavy atom. The minimum Gasteiger partial charge on any atom is -0.462 e. The lowest BCUT2D eigenvalue weighted by Crippen LogP contribution is -2.20. The van der Waals surface area contributed by atoms with Crippen LogP contribution in [0.4, 0.5) is 19.0 Å². The number of hydrogen-bond acceptors (Lipinski definition) is 5. The minimum absolute atomic E-state index is 0.0225. The van der Waals surface area contributed by atoms with Gasteiger partial charge in [-0.25, -0.2) is 9.78 Å². The SMILES string of the molecule is CCOC(=O)c1cnc(N)cc1OC(F)(F)F. The van der Waals surface area contributed by atoms with Gasteiger partial charge in [-0.1, -0.05) is 0 Å². The van der Waals surface area contributed by atoms with Gasteiger partial charge in [0, 0.05) is 12.3 Å². The topological polar surface area (TPSA) is 74.4 Å². The Hall–Kier alpha value is -1.99. The van der Waals surface area contributed by atoms with Gasteiger partial charge in [-0.3, -0.25) is 0 Å². The second kappa shape index (κ2) is 4.89. The van der Waals surface area contributed by atoms with Crippen LogP contribution in [0.3, 0.4) is 0 Å². The Morgan fingerprint density at radius 1 is 1.53 bits per heavy atom. The number of carbonyl (C=O) groups is 1. The summed E-state index contributed by atoms with van der Waals surface area (Å²) in [7, 11) is 0. The summed E-state index contributed by atoms with van der Waals surface area (Å²) in [4.78, 5) is 14.8. The molecule has 0 unspecified atom stereocenters. The second-order valence-corrected chi connectivity index (χ2v) is 2.87. The van der Waals surface area contributed by atoms with E-state index in [-0.39, 0.29) is 12.4 Å². The molecule has 0 spiro atoms. The quantitative estimate of drug-likeness (QED) is 0.827. The van der Waals surface area contributed by atoms with Crippen molar-refractivity contribution in [2.75, 3.05) is 12.3 Å². The van der Waals surface area contributed by atoms with Crippen LogP contribution >= 0.6 is 0 Å². The van der Waals surface area contributed by atoms with Crippen LogP contribution in [0.15, 0.2) is 12.3 Å². The van der Waals surface area contributed by atoms with Gasteiger partial charge >= 0.3 is 12.3 Å². The van der Waals surface area contributed by atoms with Crippen LogP contribution in [0.5, 0.6) is 5.75 Å². The lowest BCUT2D eigenvalue weighted by atomic mass is 10.2. The predicted octanol–water partition coefficient (Wildman–Crippen LogP) is 1.74. The van der Waals surface area contributed by atoms with Crippen LogP contribution in [0.2, 0.25) is 0 Å². The van der Waals surface area contributed by atoms with Crippen molar-refractivity contribution >= 4 is 11.8 Å². The first-order valence-electron chi connectivity index (χ1n) is 4.52. The van der Waals surface area contributed by atoms with Crippen LogP contribution in [-0.2, 0) is 4.74 Å². The van der Waals surface area contributed by atoms with E-state index in [0.29, 0.717) is 0 Å². The third-order valence-corrected chi connectivity index (χ3v) is 1.61. The zero-order chi connectivity index (χ0) is 13.1. The molecule has 8 heteroatoms. The van der Waals surface area contributed by atoms with E-state index >= 15 is 0 Å². The number of aromatic nitrogens is 1. The molecule has 0 bridgehead atoms. The average molecular weight is 250 g/mol. The first-order valence-corrected chi connectivity index (χ1v) is 4.52. The van der Waals surface area contributed by atoms with Gasteiger partial charge in [-0.2, -0.15) is 0 Å². The number of anilines is 1. The van der Waals surface area contributed by atoms with Crippen LogP contribution in [0, 0.1) is 0 Å².